The van der Waals surface area contributed by atoms with Crippen LogP contribution in [0.3, 0.4) is 0 Å². The van der Waals surface area contributed by atoms with Crippen molar-refractivity contribution in [2.45, 2.75) is 45.6 Å². The van der Waals surface area contributed by atoms with Crippen molar-refractivity contribution in [3.8, 4) is 0 Å². The largest absolute Gasteiger partial charge is 0.469 e. The fourth-order valence-electron chi connectivity index (χ4n) is 3.42. The Morgan fingerprint density at radius 3 is 2.15 bits per heavy atom. The Morgan fingerprint density at radius 2 is 1.70 bits per heavy atom. The Hall–Kier alpha value is -1.26. The van der Waals surface area contributed by atoms with Crippen molar-refractivity contribution in [2.75, 3.05) is 20.2 Å². The molecule has 0 aromatic carbocycles. The molecule has 5 nitrogen and oxygen atoms in total. The topological polar surface area (TPSA) is 55.8 Å². The maximum atomic E-state index is 12.1. The molecule has 5 heteroatoms. The predicted molar refractivity (Wildman–Crippen MR) is 74.1 cm³/mol. The van der Waals surface area contributed by atoms with Crippen molar-refractivity contribution in [1.82, 2.24) is 4.90 Å². The van der Waals surface area contributed by atoms with Gasteiger partial charge in [0.15, 0.2) is 0 Å². The van der Waals surface area contributed by atoms with Crippen LogP contribution < -0.4 is 0 Å². The van der Waals surface area contributed by atoms with Gasteiger partial charge in [0.2, 0.25) is 0 Å². The SMILES string of the molecule is COC(=O)CC1[C@@H]2CC[C@H]1CN(C(=O)OC(C)(C)C)C2. The van der Waals surface area contributed by atoms with E-state index >= 15 is 0 Å². The fraction of sp³-hybridized carbons (Fsp3) is 0.867. The standard InChI is InChI=1S/C15H25NO4/c1-15(2,3)20-14(18)16-8-10-5-6-11(9-16)12(10)7-13(17)19-4/h10-12H,5-9H2,1-4H3/t10-,11+,12?. The van der Waals surface area contributed by atoms with Gasteiger partial charge >= 0.3 is 12.1 Å². The summed E-state index contributed by atoms with van der Waals surface area (Å²) >= 11 is 0. The quantitative estimate of drug-likeness (QED) is 0.730. The van der Waals surface area contributed by atoms with Crippen molar-refractivity contribution < 1.29 is 19.1 Å². The van der Waals surface area contributed by atoms with E-state index in [-0.39, 0.29) is 12.1 Å². The van der Waals surface area contributed by atoms with Crippen LogP contribution >= 0.6 is 0 Å². The van der Waals surface area contributed by atoms with Gasteiger partial charge in [0, 0.05) is 19.5 Å². The highest BCUT2D eigenvalue weighted by Crippen LogP contribution is 2.44. The molecule has 3 atom stereocenters. The zero-order chi connectivity index (χ0) is 14.9. The normalized spacial score (nSPS) is 29.2. The second-order valence-electron chi connectivity index (χ2n) is 6.93. The van der Waals surface area contributed by atoms with Gasteiger partial charge in [-0.3, -0.25) is 4.79 Å². The number of amides is 1. The lowest BCUT2D eigenvalue weighted by molar-refractivity contribution is -0.142. The molecule has 20 heavy (non-hydrogen) atoms. The number of fused-ring (bicyclic) bond motifs is 2. The zero-order valence-electron chi connectivity index (χ0n) is 12.8. The first-order valence-corrected chi connectivity index (χ1v) is 7.35. The van der Waals surface area contributed by atoms with Crippen molar-refractivity contribution in [3.63, 3.8) is 0 Å². The maximum Gasteiger partial charge on any atom is 0.410 e. The van der Waals surface area contributed by atoms with Crippen LogP contribution in [-0.4, -0.2) is 42.8 Å². The molecular formula is C15H25NO4. The zero-order valence-corrected chi connectivity index (χ0v) is 12.8. The molecule has 114 valence electrons. The summed E-state index contributed by atoms with van der Waals surface area (Å²) in [7, 11) is 1.43. The molecule has 1 amide bonds. The minimum atomic E-state index is -0.459. The number of likely N-dealkylation sites (tertiary alicyclic amines) is 1. The second-order valence-corrected chi connectivity index (χ2v) is 6.93. The predicted octanol–water partition coefficient (Wildman–Crippen LogP) is 2.44. The number of piperidine rings is 1. The smallest absolute Gasteiger partial charge is 0.410 e. The van der Waals surface area contributed by atoms with E-state index in [0.29, 0.717) is 37.3 Å². The molecule has 0 spiro atoms. The van der Waals surface area contributed by atoms with E-state index in [1.54, 1.807) is 4.90 Å². The van der Waals surface area contributed by atoms with E-state index in [0.717, 1.165) is 12.8 Å². The molecule has 0 radical (unpaired) electrons. The lowest BCUT2D eigenvalue weighted by atomic mass is 9.83. The number of hydrogen-bond acceptors (Lipinski definition) is 4. The maximum absolute atomic E-state index is 12.1. The van der Waals surface area contributed by atoms with Crippen LogP contribution in [0.15, 0.2) is 0 Å². The summed E-state index contributed by atoms with van der Waals surface area (Å²) in [5.41, 5.74) is -0.459. The number of hydrogen-bond donors (Lipinski definition) is 0. The van der Waals surface area contributed by atoms with Crippen molar-refractivity contribution in [1.29, 1.82) is 0 Å². The van der Waals surface area contributed by atoms with Gasteiger partial charge in [0.25, 0.3) is 0 Å². The summed E-state index contributed by atoms with van der Waals surface area (Å²) in [4.78, 5) is 25.4. The molecular weight excluding hydrogens is 258 g/mol. The summed E-state index contributed by atoms with van der Waals surface area (Å²) in [5, 5.41) is 0. The number of carbonyl (C=O) groups excluding carboxylic acids is 2. The Kier molecular flexibility index (Phi) is 4.25. The number of ether oxygens (including phenoxy) is 2. The first-order chi connectivity index (χ1) is 9.30. The third kappa shape index (κ3) is 3.44. The molecule has 2 fully saturated rings. The third-order valence-electron chi connectivity index (χ3n) is 4.31. The molecule has 0 aromatic heterocycles. The Labute approximate surface area is 120 Å². The minimum Gasteiger partial charge on any atom is -0.469 e. The molecule has 1 unspecified atom stereocenters. The summed E-state index contributed by atoms with van der Waals surface area (Å²) in [6.45, 7) is 7.04. The highest BCUT2D eigenvalue weighted by molar-refractivity contribution is 5.70. The highest BCUT2D eigenvalue weighted by Gasteiger charge is 2.44. The average molecular weight is 283 g/mol. The molecule has 1 aliphatic heterocycles. The van der Waals surface area contributed by atoms with Crippen LogP contribution in [0, 0.1) is 17.8 Å². The molecule has 1 saturated heterocycles. The van der Waals surface area contributed by atoms with E-state index in [1.807, 2.05) is 20.8 Å². The number of nitrogens with zero attached hydrogens (tertiary/aromatic N) is 1. The number of carbonyl (C=O) groups is 2. The van der Waals surface area contributed by atoms with Crippen LogP contribution in [0.25, 0.3) is 0 Å². The van der Waals surface area contributed by atoms with Crippen LogP contribution in [-0.2, 0) is 14.3 Å². The minimum absolute atomic E-state index is 0.141. The fourth-order valence-corrected chi connectivity index (χ4v) is 3.42. The monoisotopic (exact) mass is 283 g/mol. The number of methoxy groups -OCH3 is 1. The lowest BCUT2D eigenvalue weighted by Gasteiger charge is -2.38. The van der Waals surface area contributed by atoms with Gasteiger partial charge < -0.3 is 14.4 Å². The summed E-state index contributed by atoms with van der Waals surface area (Å²) in [6.07, 6.45) is 2.43. The molecule has 0 N–H and O–H groups in total. The summed E-state index contributed by atoms with van der Waals surface area (Å²) in [6, 6.07) is 0. The molecule has 2 rings (SSSR count). The first-order valence-electron chi connectivity index (χ1n) is 7.35. The van der Waals surface area contributed by atoms with Crippen LogP contribution in [0.1, 0.15) is 40.0 Å². The Bertz CT molecular complexity index is 374. The van der Waals surface area contributed by atoms with E-state index in [2.05, 4.69) is 0 Å². The molecule has 2 aliphatic rings. The number of rotatable bonds is 2. The molecule has 0 aromatic rings. The van der Waals surface area contributed by atoms with Gasteiger partial charge in [-0.05, 0) is 51.4 Å². The lowest BCUT2D eigenvalue weighted by Crippen LogP contribution is -2.47. The van der Waals surface area contributed by atoms with Crippen molar-refractivity contribution >= 4 is 12.1 Å². The van der Waals surface area contributed by atoms with Gasteiger partial charge in [-0.1, -0.05) is 0 Å². The summed E-state index contributed by atoms with van der Waals surface area (Å²) in [5.74, 6) is 1.03. The van der Waals surface area contributed by atoms with Gasteiger partial charge in [-0.2, -0.15) is 0 Å². The third-order valence-corrected chi connectivity index (χ3v) is 4.31. The average Bonchev–Trinajstić information content (AvgIpc) is 2.59. The van der Waals surface area contributed by atoms with Gasteiger partial charge in [-0.25, -0.2) is 4.79 Å². The van der Waals surface area contributed by atoms with E-state index in [1.165, 1.54) is 7.11 Å². The Morgan fingerprint density at radius 1 is 1.15 bits per heavy atom. The summed E-state index contributed by atoms with van der Waals surface area (Å²) < 4.78 is 10.2. The van der Waals surface area contributed by atoms with Crippen molar-refractivity contribution in [2.24, 2.45) is 17.8 Å². The van der Waals surface area contributed by atoms with Gasteiger partial charge in [0.05, 0.1) is 7.11 Å². The number of esters is 1. The van der Waals surface area contributed by atoms with Crippen molar-refractivity contribution in [3.05, 3.63) is 0 Å². The van der Waals surface area contributed by atoms with Crippen LogP contribution in [0.5, 0.6) is 0 Å². The van der Waals surface area contributed by atoms with E-state index in [4.69, 9.17) is 9.47 Å². The molecule has 1 heterocycles. The molecule has 2 bridgehead atoms. The molecule has 1 saturated carbocycles. The van der Waals surface area contributed by atoms with Gasteiger partial charge in [-0.15, -0.1) is 0 Å². The Balaban J connectivity index is 1.95. The van der Waals surface area contributed by atoms with E-state index in [9.17, 15) is 9.59 Å². The van der Waals surface area contributed by atoms with Crippen LogP contribution in [0.2, 0.25) is 0 Å². The first kappa shape index (κ1) is 15.1. The van der Waals surface area contributed by atoms with Crippen LogP contribution in [0.4, 0.5) is 4.79 Å². The molecule has 1 aliphatic carbocycles. The van der Waals surface area contributed by atoms with E-state index < -0.39 is 5.60 Å². The highest BCUT2D eigenvalue weighted by atomic mass is 16.6. The second kappa shape index (κ2) is 5.62. The van der Waals surface area contributed by atoms with Gasteiger partial charge in [0.1, 0.15) is 5.60 Å².